The van der Waals surface area contributed by atoms with Gasteiger partial charge in [0.15, 0.2) is 0 Å². The van der Waals surface area contributed by atoms with Crippen LogP contribution in [0.15, 0.2) is 18.2 Å². The van der Waals surface area contributed by atoms with Crippen LogP contribution in [0.4, 0.5) is 16.2 Å². The summed E-state index contributed by atoms with van der Waals surface area (Å²) < 4.78 is 0. The minimum absolute atomic E-state index is 0.475. The molecule has 0 aromatic heterocycles. The highest BCUT2D eigenvalue weighted by molar-refractivity contribution is 5.71. The second-order valence-electron chi connectivity index (χ2n) is 3.31. The van der Waals surface area contributed by atoms with Crippen molar-refractivity contribution in [1.82, 2.24) is 5.32 Å². The normalized spacial score (nSPS) is 9.67. The van der Waals surface area contributed by atoms with Crippen molar-refractivity contribution < 1.29 is 4.79 Å². The lowest BCUT2D eigenvalue weighted by Gasteiger charge is -2.09. The standard InChI is InChI=1S/C10H16N4O/c1-7-2-3-9(8(11)6-7)13-4-5-14-10(12)15/h2-3,6,13H,4-5,11H2,1H3,(H3,12,14,15). The number of urea groups is 1. The fourth-order valence-electron chi connectivity index (χ4n) is 1.23. The molecular formula is C10H16N4O. The average molecular weight is 208 g/mol. The minimum Gasteiger partial charge on any atom is -0.397 e. The second kappa shape index (κ2) is 5.09. The van der Waals surface area contributed by atoms with Crippen molar-refractivity contribution in [1.29, 1.82) is 0 Å². The average Bonchev–Trinajstić information content (AvgIpc) is 2.14. The summed E-state index contributed by atoms with van der Waals surface area (Å²) in [5.74, 6) is 0. The van der Waals surface area contributed by atoms with E-state index in [4.69, 9.17) is 11.5 Å². The van der Waals surface area contributed by atoms with E-state index in [1.165, 1.54) is 0 Å². The fraction of sp³-hybridized carbons (Fsp3) is 0.300. The summed E-state index contributed by atoms with van der Waals surface area (Å²) in [6.45, 7) is 3.05. The Morgan fingerprint density at radius 2 is 2.13 bits per heavy atom. The van der Waals surface area contributed by atoms with Crippen molar-refractivity contribution >= 4 is 17.4 Å². The predicted molar refractivity (Wildman–Crippen MR) is 61.7 cm³/mol. The van der Waals surface area contributed by atoms with Gasteiger partial charge < -0.3 is 22.1 Å². The van der Waals surface area contributed by atoms with Crippen LogP contribution in [0.2, 0.25) is 0 Å². The highest BCUT2D eigenvalue weighted by Crippen LogP contribution is 2.18. The second-order valence-corrected chi connectivity index (χ2v) is 3.31. The predicted octanol–water partition coefficient (Wildman–Crippen LogP) is 0.657. The van der Waals surface area contributed by atoms with Crippen LogP contribution in [-0.4, -0.2) is 19.1 Å². The number of nitrogens with two attached hydrogens (primary N) is 2. The molecule has 1 aromatic rings. The molecule has 2 amide bonds. The number of hydrogen-bond acceptors (Lipinski definition) is 3. The number of carbonyl (C=O) groups excluding carboxylic acids is 1. The first-order chi connectivity index (χ1) is 7.09. The van der Waals surface area contributed by atoms with Gasteiger partial charge in [-0.3, -0.25) is 0 Å². The van der Waals surface area contributed by atoms with Crippen molar-refractivity contribution in [2.75, 3.05) is 24.1 Å². The van der Waals surface area contributed by atoms with Gasteiger partial charge in [-0.05, 0) is 24.6 Å². The Bertz CT molecular complexity index is 351. The number of carbonyl (C=O) groups is 1. The molecule has 1 aromatic carbocycles. The summed E-state index contributed by atoms with van der Waals surface area (Å²) in [6, 6.07) is 5.26. The number of benzene rings is 1. The van der Waals surface area contributed by atoms with Crippen molar-refractivity contribution in [2.45, 2.75) is 6.92 Å². The summed E-state index contributed by atoms with van der Waals surface area (Å²) in [7, 11) is 0. The van der Waals surface area contributed by atoms with E-state index in [1.807, 2.05) is 25.1 Å². The molecule has 0 unspecified atom stereocenters. The molecule has 0 aliphatic heterocycles. The van der Waals surface area contributed by atoms with E-state index in [9.17, 15) is 4.79 Å². The Kier molecular flexibility index (Phi) is 3.79. The number of amides is 2. The van der Waals surface area contributed by atoms with Crippen LogP contribution in [0.3, 0.4) is 0 Å². The maximum Gasteiger partial charge on any atom is 0.312 e. The van der Waals surface area contributed by atoms with Crippen LogP contribution >= 0.6 is 0 Å². The Morgan fingerprint density at radius 3 is 2.73 bits per heavy atom. The van der Waals surface area contributed by atoms with Crippen molar-refractivity contribution in [3.05, 3.63) is 23.8 Å². The molecule has 0 spiro atoms. The number of primary amides is 1. The largest absolute Gasteiger partial charge is 0.397 e. The molecular weight excluding hydrogens is 192 g/mol. The summed E-state index contributed by atoms with van der Waals surface area (Å²) >= 11 is 0. The molecule has 0 heterocycles. The van der Waals surface area contributed by atoms with Gasteiger partial charge in [-0.2, -0.15) is 0 Å². The third kappa shape index (κ3) is 3.76. The van der Waals surface area contributed by atoms with Crippen LogP contribution < -0.4 is 22.1 Å². The third-order valence-electron chi connectivity index (χ3n) is 1.95. The molecule has 82 valence electrons. The molecule has 0 radical (unpaired) electrons. The van der Waals surface area contributed by atoms with Gasteiger partial charge in [0, 0.05) is 13.1 Å². The Morgan fingerprint density at radius 1 is 1.40 bits per heavy atom. The zero-order valence-corrected chi connectivity index (χ0v) is 8.71. The van der Waals surface area contributed by atoms with Crippen molar-refractivity contribution in [3.8, 4) is 0 Å². The molecule has 0 saturated heterocycles. The molecule has 0 aliphatic carbocycles. The lowest BCUT2D eigenvalue weighted by atomic mass is 10.2. The first-order valence-corrected chi connectivity index (χ1v) is 4.73. The van der Waals surface area contributed by atoms with Crippen LogP contribution in [0.5, 0.6) is 0 Å². The zero-order valence-electron chi connectivity index (χ0n) is 8.71. The van der Waals surface area contributed by atoms with E-state index >= 15 is 0 Å². The van der Waals surface area contributed by atoms with Crippen LogP contribution in [0.25, 0.3) is 0 Å². The molecule has 0 bridgehead atoms. The molecule has 0 atom stereocenters. The van der Waals surface area contributed by atoms with Gasteiger partial charge in [0.2, 0.25) is 0 Å². The van der Waals surface area contributed by atoms with Gasteiger partial charge in [0.25, 0.3) is 0 Å². The van der Waals surface area contributed by atoms with E-state index < -0.39 is 6.03 Å². The molecule has 6 N–H and O–H groups in total. The molecule has 5 heteroatoms. The van der Waals surface area contributed by atoms with Gasteiger partial charge in [0.05, 0.1) is 11.4 Å². The number of aryl methyl sites for hydroxylation is 1. The zero-order chi connectivity index (χ0) is 11.3. The van der Waals surface area contributed by atoms with Gasteiger partial charge in [-0.25, -0.2) is 4.79 Å². The molecule has 15 heavy (non-hydrogen) atoms. The number of rotatable bonds is 4. The Labute approximate surface area is 88.8 Å². The van der Waals surface area contributed by atoms with Gasteiger partial charge >= 0.3 is 6.03 Å². The lowest BCUT2D eigenvalue weighted by Crippen LogP contribution is -2.33. The summed E-state index contributed by atoms with van der Waals surface area (Å²) in [6.07, 6.45) is 0. The van der Waals surface area contributed by atoms with Gasteiger partial charge in [0.1, 0.15) is 0 Å². The van der Waals surface area contributed by atoms with Gasteiger partial charge in [-0.1, -0.05) is 6.07 Å². The number of nitrogens with one attached hydrogen (secondary N) is 2. The summed E-state index contributed by atoms with van der Waals surface area (Å²) in [5, 5.41) is 5.58. The van der Waals surface area contributed by atoms with Crippen LogP contribution in [0.1, 0.15) is 5.56 Å². The van der Waals surface area contributed by atoms with Gasteiger partial charge in [-0.15, -0.1) is 0 Å². The highest BCUT2D eigenvalue weighted by Gasteiger charge is 1.98. The first-order valence-electron chi connectivity index (χ1n) is 4.73. The molecule has 5 nitrogen and oxygen atoms in total. The van der Waals surface area contributed by atoms with E-state index in [-0.39, 0.29) is 0 Å². The Balaban J connectivity index is 2.40. The van der Waals surface area contributed by atoms with E-state index in [2.05, 4.69) is 10.6 Å². The lowest BCUT2D eigenvalue weighted by molar-refractivity contribution is 0.249. The van der Waals surface area contributed by atoms with Crippen molar-refractivity contribution in [2.24, 2.45) is 5.73 Å². The van der Waals surface area contributed by atoms with E-state index in [0.717, 1.165) is 11.3 Å². The molecule has 0 fully saturated rings. The van der Waals surface area contributed by atoms with Crippen LogP contribution in [-0.2, 0) is 0 Å². The molecule has 0 aliphatic rings. The third-order valence-corrected chi connectivity index (χ3v) is 1.95. The summed E-state index contributed by atoms with van der Waals surface area (Å²) in [5.41, 5.74) is 13.4. The minimum atomic E-state index is -0.520. The first kappa shape index (κ1) is 11.2. The number of hydrogen-bond donors (Lipinski definition) is 4. The molecule has 0 saturated carbocycles. The number of anilines is 2. The highest BCUT2D eigenvalue weighted by atomic mass is 16.2. The summed E-state index contributed by atoms with van der Waals surface area (Å²) in [4.78, 5) is 10.4. The smallest absolute Gasteiger partial charge is 0.312 e. The topological polar surface area (TPSA) is 93.2 Å². The quantitative estimate of drug-likeness (QED) is 0.432. The monoisotopic (exact) mass is 208 g/mol. The number of nitrogen functional groups attached to an aromatic ring is 1. The maximum atomic E-state index is 10.4. The SMILES string of the molecule is Cc1ccc(NCCNC(N)=O)c(N)c1. The van der Waals surface area contributed by atoms with Crippen molar-refractivity contribution in [3.63, 3.8) is 0 Å². The van der Waals surface area contributed by atoms with E-state index in [0.29, 0.717) is 18.8 Å². The van der Waals surface area contributed by atoms with Crippen LogP contribution in [0, 0.1) is 6.92 Å². The fourth-order valence-corrected chi connectivity index (χ4v) is 1.23. The van der Waals surface area contributed by atoms with E-state index in [1.54, 1.807) is 0 Å². The maximum absolute atomic E-state index is 10.4. The Hall–Kier alpha value is -1.91. The molecule has 1 rings (SSSR count).